The fourth-order valence-corrected chi connectivity index (χ4v) is 3.93. The van der Waals surface area contributed by atoms with Gasteiger partial charge in [-0.1, -0.05) is 19.3 Å². The van der Waals surface area contributed by atoms with Crippen molar-refractivity contribution in [3.63, 3.8) is 0 Å². The van der Waals surface area contributed by atoms with Gasteiger partial charge in [-0.3, -0.25) is 4.90 Å². The number of piperidine rings is 1. The van der Waals surface area contributed by atoms with Crippen LogP contribution >= 0.6 is 0 Å². The lowest BCUT2D eigenvalue weighted by atomic mass is 9.92. The highest BCUT2D eigenvalue weighted by Crippen LogP contribution is 2.26. The van der Waals surface area contributed by atoms with Gasteiger partial charge in [-0.2, -0.15) is 0 Å². The molecule has 5 nitrogen and oxygen atoms in total. The maximum atomic E-state index is 11.7. The highest BCUT2D eigenvalue weighted by atomic mass is 16.5. The van der Waals surface area contributed by atoms with Crippen molar-refractivity contribution >= 4 is 11.8 Å². The fourth-order valence-electron chi connectivity index (χ4n) is 3.93. The molecule has 1 saturated carbocycles. The zero-order chi connectivity index (χ0) is 16.8. The van der Waals surface area contributed by atoms with Crippen molar-refractivity contribution in [1.82, 2.24) is 9.88 Å². The summed E-state index contributed by atoms with van der Waals surface area (Å²) in [5.41, 5.74) is 0.509. The fraction of sp³-hybridized carbons (Fsp3) is 0.684. The van der Waals surface area contributed by atoms with Crippen LogP contribution < -0.4 is 5.32 Å². The number of carbonyl (C=O) groups excluding carboxylic acids is 1. The van der Waals surface area contributed by atoms with E-state index < -0.39 is 0 Å². The summed E-state index contributed by atoms with van der Waals surface area (Å²) < 4.78 is 4.99. The first-order valence-electron chi connectivity index (χ1n) is 9.40. The van der Waals surface area contributed by atoms with Gasteiger partial charge in [0.15, 0.2) is 0 Å². The second-order valence-corrected chi connectivity index (χ2v) is 6.92. The van der Waals surface area contributed by atoms with Gasteiger partial charge in [-0.15, -0.1) is 0 Å². The minimum atomic E-state index is -0.308. The second-order valence-electron chi connectivity index (χ2n) is 6.92. The third kappa shape index (κ3) is 4.47. The predicted molar refractivity (Wildman–Crippen MR) is 95.3 cm³/mol. The number of aromatic nitrogens is 1. The Balaban J connectivity index is 1.54. The number of carbonyl (C=O) groups is 1. The Morgan fingerprint density at radius 2 is 2.08 bits per heavy atom. The Kier molecular flexibility index (Phi) is 6.07. The summed E-state index contributed by atoms with van der Waals surface area (Å²) in [6, 6.07) is 4.89. The summed E-state index contributed by atoms with van der Waals surface area (Å²) in [6.45, 7) is 4.53. The first kappa shape index (κ1) is 17.2. The molecule has 1 aromatic rings. The molecule has 1 atom stereocenters. The van der Waals surface area contributed by atoms with E-state index in [9.17, 15) is 4.79 Å². The van der Waals surface area contributed by atoms with Gasteiger partial charge >= 0.3 is 5.97 Å². The number of rotatable bonds is 5. The van der Waals surface area contributed by atoms with E-state index in [1.807, 2.05) is 13.0 Å². The Morgan fingerprint density at radius 3 is 2.79 bits per heavy atom. The van der Waals surface area contributed by atoms with Crippen LogP contribution in [0.5, 0.6) is 0 Å². The van der Waals surface area contributed by atoms with E-state index in [1.165, 1.54) is 51.5 Å². The van der Waals surface area contributed by atoms with Crippen LogP contribution in [-0.2, 0) is 4.74 Å². The third-order valence-electron chi connectivity index (χ3n) is 5.17. The highest BCUT2D eigenvalue weighted by Gasteiger charge is 2.27. The van der Waals surface area contributed by atoms with Gasteiger partial charge in [0.25, 0.3) is 0 Å². The van der Waals surface area contributed by atoms with Crippen LogP contribution in [0.1, 0.15) is 62.2 Å². The van der Waals surface area contributed by atoms with Crippen LogP contribution in [-0.4, -0.2) is 47.6 Å². The van der Waals surface area contributed by atoms with Gasteiger partial charge in [0.05, 0.1) is 12.2 Å². The summed E-state index contributed by atoms with van der Waals surface area (Å²) in [5, 5.41) is 3.54. The number of hydrogen-bond donors (Lipinski definition) is 1. The van der Waals surface area contributed by atoms with Crippen molar-refractivity contribution in [2.75, 3.05) is 25.0 Å². The third-order valence-corrected chi connectivity index (χ3v) is 5.17. The molecule has 0 aromatic carbocycles. The normalized spacial score (nSPS) is 23.0. The van der Waals surface area contributed by atoms with Gasteiger partial charge < -0.3 is 10.1 Å². The standard InChI is InChI=1S/C19H29N3O2/c1-2-24-19(23)15-10-11-18(20-13-15)21-16-7-6-12-22(14-16)17-8-4-3-5-9-17/h10-11,13,16-17H,2-9,12,14H2,1H3,(H,20,21). The average molecular weight is 331 g/mol. The predicted octanol–water partition coefficient (Wildman–Crippen LogP) is 3.47. The number of anilines is 1. The van der Waals surface area contributed by atoms with E-state index in [1.54, 1.807) is 12.3 Å². The van der Waals surface area contributed by atoms with E-state index in [2.05, 4.69) is 15.2 Å². The molecule has 24 heavy (non-hydrogen) atoms. The van der Waals surface area contributed by atoms with Gasteiger partial charge in [-0.05, 0) is 51.3 Å². The molecule has 0 spiro atoms. The largest absolute Gasteiger partial charge is 0.462 e. The molecule has 1 aromatic heterocycles. The molecule has 1 saturated heterocycles. The molecule has 1 unspecified atom stereocenters. The molecule has 1 aliphatic carbocycles. The van der Waals surface area contributed by atoms with Crippen molar-refractivity contribution in [1.29, 1.82) is 0 Å². The smallest absolute Gasteiger partial charge is 0.339 e. The van der Waals surface area contributed by atoms with Crippen LogP contribution in [0.25, 0.3) is 0 Å². The van der Waals surface area contributed by atoms with Crippen LogP contribution in [0.3, 0.4) is 0 Å². The van der Waals surface area contributed by atoms with Gasteiger partial charge in [0.1, 0.15) is 5.82 Å². The van der Waals surface area contributed by atoms with E-state index >= 15 is 0 Å². The lowest BCUT2D eigenvalue weighted by Crippen LogP contribution is -2.47. The summed E-state index contributed by atoms with van der Waals surface area (Å²) in [7, 11) is 0. The van der Waals surface area contributed by atoms with E-state index in [4.69, 9.17) is 4.74 Å². The minimum absolute atomic E-state index is 0.308. The Bertz CT molecular complexity index is 526. The quantitative estimate of drug-likeness (QED) is 0.837. The van der Waals surface area contributed by atoms with Crippen molar-refractivity contribution in [3.8, 4) is 0 Å². The minimum Gasteiger partial charge on any atom is -0.462 e. The van der Waals surface area contributed by atoms with E-state index in [0.717, 1.165) is 18.4 Å². The summed E-state index contributed by atoms with van der Waals surface area (Å²) in [6.07, 6.45) is 10.9. The molecular formula is C19H29N3O2. The zero-order valence-corrected chi connectivity index (χ0v) is 14.7. The van der Waals surface area contributed by atoms with E-state index in [0.29, 0.717) is 18.2 Å². The Hall–Kier alpha value is -1.62. The van der Waals surface area contributed by atoms with Gasteiger partial charge in [-0.25, -0.2) is 9.78 Å². The lowest BCUT2D eigenvalue weighted by Gasteiger charge is -2.40. The first-order valence-corrected chi connectivity index (χ1v) is 9.40. The number of esters is 1. The van der Waals surface area contributed by atoms with Crippen molar-refractivity contribution < 1.29 is 9.53 Å². The lowest BCUT2D eigenvalue weighted by molar-refractivity contribution is 0.0526. The van der Waals surface area contributed by atoms with Crippen LogP contribution in [0.15, 0.2) is 18.3 Å². The van der Waals surface area contributed by atoms with Crippen molar-refractivity contribution in [3.05, 3.63) is 23.9 Å². The van der Waals surface area contributed by atoms with Crippen molar-refractivity contribution in [2.45, 2.75) is 64.0 Å². The summed E-state index contributed by atoms with van der Waals surface area (Å²) in [5.74, 6) is 0.538. The molecule has 5 heteroatoms. The molecular weight excluding hydrogens is 302 g/mol. The molecule has 132 valence electrons. The molecule has 3 rings (SSSR count). The second kappa shape index (κ2) is 8.47. The van der Waals surface area contributed by atoms with Gasteiger partial charge in [0, 0.05) is 24.8 Å². The van der Waals surface area contributed by atoms with E-state index in [-0.39, 0.29) is 5.97 Å². The topological polar surface area (TPSA) is 54.5 Å². The number of nitrogens with one attached hydrogen (secondary N) is 1. The maximum absolute atomic E-state index is 11.7. The zero-order valence-electron chi connectivity index (χ0n) is 14.7. The Morgan fingerprint density at radius 1 is 1.25 bits per heavy atom. The number of nitrogens with zero attached hydrogens (tertiary/aromatic N) is 2. The van der Waals surface area contributed by atoms with Crippen LogP contribution in [0.4, 0.5) is 5.82 Å². The molecule has 2 heterocycles. The SMILES string of the molecule is CCOC(=O)c1ccc(NC2CCCN(C3CCCCC3)C2)nc1. The molecule has 0 amide bonds. The highest BCUT2D eigenvalue weighted by molar-refractivity contribution is 5.89. The Labute approximate surface area is 144 Å². The molecule has 0 radical (unpaired) electrons. The monoisotopic (exact) mass is 331 g/mol. The maximum Gasteiger partial charge on any atom is 0.339 e. The number of ether oxygens (including phenoxy) is 1. The summed E-state index contributed by atoms with van der Waals surface area (Å²) >= 11 is 0. The molecule has 1 aliphatic heterocycles. The van der Waals surface area contributed by atoms with Crippen molar-refractivity contribution in [2.24, 2.45) is 0 Å². The number of likely N-dealkylation sites (tertiary alicyclic amines) is 1. The number of pyridine rings is 1. The summed E-state index contributed by atoms with van der Waals surface area (Å²) in [4.78, 5) is 18.7. The van der Waals surface area contributed by atoms with Crippen LogP contribution in [0, 0.1) is 0 Å². The number of hydrogen-bond acceptors (Lipinski definition) is 5. The molecule has 1 N–H and O–H groups in total. The van der Waals surface area contributed by atoms with Crippen LogP contribution in [0.2, 0.25) is 0 Å². The molecule has 0 bridgehead atoms. The first-order chi connectivity index (χ1) is 11.8. The molecule has 2 aliphatic rings. The van der Waals surface area contributed by atoms with Gasteiger partial charge in [0.2, 0.25) is 0 Å². The average Bonchev–Trinajstić information content (AvgIpc) is 2.63. The molecule has 2 fully saturated rings.